The molecule has 0 atom stereocenters. The van der Waals surface area contributed by atoms with Crippen LogP contribution in [0.4, 0.5) is 0 Å². The number of carbonyl (C=O) groups excluding carboxylic acids is 2. The van der Waals surface area contributed by atoms with Gasteiger partial charge in [-0.15, -0.1) is 0 Å². The minimum absolute atomic E-state index is 0.320. The van der Waals surface area contributed by atoms with Gasteiger partial charge in [-0.2, -0.15) is 0 Å². The molecule has 0 aliphatic carbocycles. The third-order valence-corrected chi connectivity index (χ3v) is 6.29. The molecule has 0 spiro atoms. The number of hydrogen-bond donors (Lipinski definition) is 0. The molecular weight excluding hydrogens is 488 g/mol. The third-order valence-electron chi connectivity index (χ3n) is 6.29. The lowest BCUT2D eigenvalue weighted by Gasteiger charge is -2.19. The zero-order valence-electron chi connectivity index (χ0n) is 20.7. The molecule has 5 nitrogen and oxygen atoms in total. The van der Waals surface area contributed by atoms with Crippen LogP contribution in [-0.4, -0.2) is 11.9 Å². The summed E-state index contributed by atoms with van der Waals surface area (Å²) in [5.41, 5.74) is 0.835. The van der Waals surface area contributed by atoms with E-state index in [2.05, 4.69) is 0 Å². The first kappa shape index (κ1) is 23.9. The maximum Gasteiger partial charge on any atom is 0.343 e. The molecule has 0 N–H and O–H groups in total. The van der Waals surface area contributed by atoms with Crippen LogP contribution in [-0.2, 0) is 0 Å². The Morgan fingerprint density at radius 3 is 1.49 bits per heavy atom. The van der Waals surface area contributed by atoms with Crippen molar-refractivity contribution in [1.29, 1.82) is 0 Å². The van der Waals surface area contributed by atoms with Crippen LogP contribution in [0.25, 0.3) is 21.5 Å². The number of esters is 2. The standard InChI is InChI=1S/C34H22O5/c35-33(23-13-4-1-5-14-23)38-31-26-19-10-11-20-27(26)32(39-34(36)24-15-6-2-7-16-24)30-28(31)21-12-22-29(30)37-25-17-8-3-9-18-25/h1-22H. The Labute approximate surface area is 224 Å². The molecule has 0 saturated carbocycles. The van der Waals surface area contributed by atoms with Crippen LogP contribution in [0.1, 0.15) is 20.7 Å². The number of benzene rings is 6. The fourth-order valence-electron chi connectivity index (χ4n) is 4.48. The van der Waals surface area contributed by atoms with Gasteiger partial charge in [0.1, 0.15) is 17.2 Å². The van der Waals surface area contributed by atoms with Crippen LogP contribution in [0, 0.1) is 0 Å². The first-order chi connectivity index (χ1) is 19.2. The Balaban J connectivity index is 1.59. The molecular formula is C34H22O5. The van der Waals surface area contributed by atoms with Crippen LogP contribution in [0.5, 0.6) is 23.0 Å². The van der Waals surface area contributed by atoms with Crippen molar-refractivity contribution in [2.75, 3.05) is 0 Å². The van der Waals surface area contributed by atoms with E-state index in [4.69, 9.17) is 14.2 Å². The van der Waals surface area contributed by atoms with Gasteiger partial charge in [0.25, 0.3) is 0 Å². The first-order valence-corrected chi connectivity index (χ1v) is 12.4. The smallest absolute Gasteiger partial charge is 0.343 e. The minimum Gasteiger partial charge on any atom is -0.457 e. The average Bonchev–Trinajstić information content (AvgIpc) is 3.00. The molecule has 0 aliphatic rings. The first-order valence-electron chi connectivity index (χ1n) is 12.4. The highest BCUT2D eigenvalue weighted by molar-refractivity contribution is 6.15. The Bertz CT molecular complexity index is 1800. The molecule has 0 aromatic heterocycles. The average molecular weight is 511 g/mol. The van der Waals surface area contributed by atoms with Crippen molar-refractivity contribution in [3.63, 3.8) is 0 Å². The van der Waals surface area contributed by atoms with Crippen LogP contribution >= 0.6 is 0 Å². The predicted molar refractivity (Wildman–Crippen MR) is 151 cm³/mol. The van der Waals surface area contributed by atoms with E-state index in [0.717, 1.165) is 0 Å². The van der Waals surface area contributed by atoms with E-state index in [1.54, 1.807) is 54.6 Å². The highest BCUT2D eigenvalue weighted by Crippen LogP contribution is 2.47. The summed E-state index contributed by atoms with van der Waals surface area (Å²) in [5, 5.41) is 2.32. The molecule has 0 unspecified atom stereocenters. The van der Waals surface area contributed by atoms with Gasteiger partial charge in [-0.3, -0.25) is 0 Å². The molecule has 6 rings (SSSR count). The van der Waals surface area contributed by atoms with Crippen molar-refractivity contribution in [3.8, 4) is 23.0 Å². The lowest BCUT2D eigenvalue weighted by Crippen LogP contribution is -2.11. The van der Waals surface area contributed by atoms with Gasteiger partial charge in [-0.05, 0) is 42.5 Å². The molecule has 0 amide bonds. The molecule has 5 heteroatoms. The monoisotopic (exact) mass is 510 g/mol. The Morgan fingerprint density at radius 2 is 0.897 bits per heavy atom. The number of rotatable bonds is 6. The van der Waals surface area contributed by atoms with E-state index in [9.17, 15) is 9.59 Å². The summed E-state index contributed by atoms with van der Waals surface area (Å²) < 4.78 is 18.4. The van der Waals surface area contributed by atoms with Crippen molar-refractivity contribution >= 4 is 33.5 Å². The molecule has 6 aromatic carbocycles. The van der Waals surface area contributed by atoms with E-state index in [0.29, 0.717) is 55.7 Å². The second-order valence-corrected chi connectivity index (χ2v) is 8.81. The summed E-state index contributed by atoms with van der Waals surface area (Å²) in [6.45, 7) is 0. The van der Waals surface area contributed by atoms with Crippen molar-refractivity contribution in [2.24, 2.45) is 0 Å². The van der Waals surface area contributed by atoms with E-state index < -0.39 is 11.9 Å². The SMILES string of the molecule is O=C(Oc1c2ccccc2c(OC(=O)c2ccccc2)c2c(Oc3ccccc3)cccc12)c1ccccc1. The minimum atomic E-state index is -0.509. The van der Waals surface area contributed by atoms with Gasteiger partial charge in [0.15, 0.2) is 5.75 Å². The Kier molecular flexibility index (Phi) is 6.46. The van der Waals surface area contributed by atoms with Crippen molar-refractivity contribution in [2.45, 2.75) is 0 Å². The molecule has 39 heavy (non-hydrogen) atoms. The van der Waals surface area contributed by atoms with Gasteiger partial charge in [0.2, 0.25) is 0 Å². The molecule has 188 valence electrons. The molecule has 0 heterocycles. The van der Waals surface area contributed by atoms with E-state index in [1.165, 1.54) is 0 Å². The summed E-state index contributed by atoms with van der Waals surface area (Å²) in [7, 11) is 0. The van der Waals surface area contributed by atoms with Crippen LogP contribution in [0.3, 0.4) is 0 Å². The normalized spacial score (nSPS) is 10.8. The second-order valence-electron chi connectivity index (χ2n) is 8.81. The molecule has 0 radical (unpaired) electrons. The Morgan fingerprint density at radius 1 is 0.436 bits per heavy atom. The third kappa shape index (κ3) is 4.81. The van der Waals surface area contributed by atoms with Crippen molar-refractivity contribution in [1.82, 2.24) is 0 Å². The number of carbonyl (C=O) groups is 2. The van der Waals surface area contributed by atoms with Gasteiger partial charge >= 0.3 is 11.9 Å². The quantitative estimate of drug-likeness (QED) is 0.128. The number of fused-ring (bicyclic) bond motifs is 2. The zero-order valence-corrected chi connectivity index (χ0v) is 20.7. The van der Waals surface area contributed by atoms with Gasteiger partial charge in [-0.1, -0.05) is 91.0 Å². The fourth-order valence-corrected chi connectivity index (χ4v) is 4.48. The lowest BCUT2D eigenvalue weighted by atomic mass is 9.99. The molecule has 6 aromatic rings. The van der Waals surface area contributed by atoms with Gasteiger partial charge < -0.3 is 14.2 Å². The summed E-state index contributed by atoms with van der Waals surface area (Å²) in [5.74, 6) is 0.739. The molecule has 0 saturated heterocycles. The molecule has 0 aliphatic heterocycles. The zero-order chi connectivity index (χ0) is 26.6. The highest BCUT2D eigenvalue weighted by Gasteiger charge is 2.24. The maximum atomic E-state index is 13.3. The number of ether oxygens (including phenoxy) is 3. The van der Waals surface area contributed by atoms with Gasteiger partial charge in [0.05, 0.1) is 16.5 Å². The summed E-state index contributed by atoms with van der Waals surface area (Å²) >= 11 is 0. The molecule has 0 fully saturated rings. The topological polar surface area (TPSA) is 61.8 Å². The largest absolute Gasteiger partial charge is 0.457 e. The molecule has 0 bridgehead atoms. The predicted octanol–water partition coefficient (Wildman–Crippen LogP) is 8.22. The van der Waals surface area contributed by atoms with Crippen molar-refractivity contribution in [3.05, 3.63) is 145 Å². The van der Waals surface area contributed by atoms with E-state index >= 15 is 0 Å². The lowest BCUT2D eigenvalue weighted by molar-refractivity contribution is 0.0726. The van der Waals surface area contributed by atoms with Gasteiger partial charge in [-0.25, -0.2) is 9.59 Å². The summed E-state index contributed by atoms with van der Waals surface area (Å²) in [4.78, 5) is 26.5. The number of para-hydroxylation sites is 1. The summed E-state index contributed by atoms with van der Waals surface area (Å²) in [6.07, 6.45) is 0. The van der Waals surface area contributed by atoms with Gasteiger partial charge in [0, 0.05) is 16.2 Å². The number of hydrogen-bond acceptors (Lipinski definition) is 5. The van der Waals surface area contributed by atoms with E-state index in [-0.39, 0.29) is 0 Å². The maximum absolute atomic E-state index is 13.3. The Hall–Kier alpha value is -5.42. The summed E-state index contributed by atoms with van der Waals surface area (Å²) in [6, 6.07) is 39.7. The van der Waals surface area contributed by atoms with Crippen molar-refractivity contribution < 1.29 is 23.8 Å². The van der Waals surface area contributed by atoms with Crippen LogP contribution in [0.2, 0.25) is 0 Å². The highest BCUT2D eigenvalue weighted by atomic mass is 16.5. The second kappa shape index (κ2) is 10.5. The fraction of sp³-hybridized carbons (Fsp3) is 0. The van der Waals surface area contributed by atoms with Crippen LogP contribution < -0.4 is 14.2 Å². The van der Waals surface area contributed by atoms with E-state index in [1.807, 2.05) is 78.9 Å². The van der Waals surface area contributed by atoms with Crippen LogP contribution in [0.15, 0.2) is 133 Å².